The van der Waals surface area contributed by atoms with Crippen LogP contribution in [0.3, 0.4) is 0 Å². The van der Waals surface area contributed by atoms with Crippen molar-refractivity contribution in [2.24, 2.45) is 0 Å². The van der Waals surface area contributed by atoms with Gasteiger partial charge in [-0.25, -0.2) is 13.6 Å². The topological polar surface area (TPSA) is 59.6 Å². The van der Waals surface area contributed by atoms with Crippen LogP contribution < -0.4 is 10.6 Å². The molecule has 0 aromatic carbocycles. The smallest absolute Gasteiger partial charge is 0.407 e. The van der Waals surface area contributed by atoms with Crippen LogP contribution in [0.2, 0.25) is 0 Å². The van der Waals surface area contributed by atoms with Gasteiger partial charge in [-0.3, -0.25) is 0 Å². The monoisotopic (exact) mass is 296 g/mol. The second-order valence-corrected chi connectivity index (χ2v) is 5.82. The first kappa shape index (κ1) is 19.1. The number of rotatable bonds is 7. The van der Waals surface area contributed by atoms with Gasteiger partial charge in [0.2, 0.25) is 0 Å². The predicted octanol–water partition coefficient (Wildman–Crippen LogP) is 2.16. The molecular weight excluding hydrogens is 270 g/mol. The largest absolute Gasteiger partial charge is 0.444 e. The molecule has 0 fully saturated rings. The molecule has 0 aliphatic rings. The van der Waals surface area contributed by atoms with E-state index in [1.54, 1.807) is 34.6 Å². The molecule has 0 radical (unpaired) electrons. The fourth-order valence-corrected chi connectivity index (χ4v) is 1.26. The molecule has 7 heteroatoms. The number of alkyl halides is 2. The van der Waals surface area contributed by atoms with E-state index in [2.05, 4.69) is 10.6 Å². The van der Waals surface area contributed by atoms with E-state index in [1.165, 1.54) is 7.11 Å². The van der Waals surface area contributed by atoms with Gasteiger partial charge in [0.1, 0.15) is 5.60 Å². The summed E-state index contributed by atoms with van der Waals surface area (Å²) < 4.78 is 37.1. The van der Waals surface area contributed by atoms with Crippen molar-refractivity contribution in [2.75, 3.05) is 20.2 Å². The van der Waals surface area contributed by atoms with Gasteiger partial charge in [0.05, 0.1) is 19.2 Å². The normalized spacial score (nSPS) is 15.6. The Morgan fingerprint density at radius 3 is 2.20 bits per heavy atom. The molecule has 120 valence electrons. The number of ether oxygens (including phenoxy) is 2. The summed E-state index contributed by atoms with van der Waals surface area (Å²) in [4.78, 5) is 11.3. The number of nitrogens with one attached hydrogen (secondary N) is 2. The summed E-state index contributed by atoms with van der Waals surface area (Å²) in [5, 5.41) is 4.74. The van der Waals surface area contributed by atoms with Crippen molar-refractivity contribution in [1.29, 1.82) is 0 Å². The Hall–Kier alpha value is -0.950. The highest BCUT2D eigenvalue weighted by Crippen LogP contribution is 2.12. The van der Waals surface area contributed by atoms with E-state index < -0.39 is 30.7 Å². The van der Waals surface area contributed by atoms with Crippen molar-refractivity contribution in [3.8, 4) is 0 Å². The number of halogens is 2. The van der Waals surface area contributed by atoms with Crippen molar-refractivity contribution >= 4 is 6.09 Å². The lowest BCUT2D eigenvalue weighted by Crippen LogP contribution is -2.48. The predicted molar refractivity (Wildman–Crippen MR) is 73.1 cm³/mol. The summed E-state index contributed by atoms with van der Waals surface area (Å²) in [6.07, 6.45) is -1.03. The Balaban J connectivity index is 4.10. The van der Waals surface area contributed by atoms with E-state index >= 15 is 0 Å². The van der Waals surface area contributed by atoms with Gasteiger partial charge < -0.3 is 20.1 Å². The molecule has 0 saturated carbocycles. The molecule has 0 aromatic heterocycles. The Morgan fingerprint density at radius 1 is 1.20 bits per heavy atom. The standard InChI is InChI=1S/C13H26F2N2O3/c1-9(10(2)19-6)16-7-13(14,15)8-17-11(18)20-12(3,4)5/h9-10,16H,7-8H2,1-6H3,(H,17,18). The molecule has 0 aromatic rings. The zero-order valence-electron chi connectivity index (χ0n) is 13.0. The molecule has 0 aliphatic carbocycles. The van der Waals surface area contributed by atoms with Crippen LogP contribution >= 0.6 is 0 Å². The Kier molecular flexibility index (Phi) is 7.37. The van der Waals surface area contributed by atoms with Crippen molar-refractivity contribution in [3.63, 3.8) is 0 Å². The molecule has 0 rings (SSSR count). The van der Waals surface area contributed by atoms with Gasteiger partial charge in [-0.1, -0.05) is 0 Å². The molecule has 0 heterocycles. The third-order valence-corrected chi connectivity index (χ3v) is 2.65. The minimum absolute atomic E-state index is 0.176. The average molecular weight is 296 g/mol. The summed E-state index contributed by atoms with van der Waals surface area (Å²) in [5.74, 6) is -3.06. The molecule has 1 amide bonds. The summed E-state index contributed by atoms with van der Waals surface area (Å²) >= 11 is 0. The summed E-state index contributed by atoms with van der Waals surface area (Å²) in [7, 11) is 1.52. The maximum Gasteiger partial charge on any atom is 0.407 e. The Morgan fingerprint density at radius 2 is 1.75 bits per heavy atom. The lowest BCUT2D eigenvalue weighted by molar-refractivity contribution is -0.0107. The SMILES string of the molecule is COC(C)C(C)NCC(F)(F)CNC(=O)OC(C)(C)C. The van der Waals surface area contributed by atoms with Crippen LogP contribution in [-0.2, 0) is 9.47 Å². The van der Waals surface area contributed by atoms with Crippen molar-refractivity contribution in [2.45, 2.75) is 58.3 Å². The van der Waals surface area contributed by atoms with Crippen LogP contribution in [0, 0.1) is 0 Å². The Labute approximate surface area is 119 Å². The first-order valence-electron chi connectivity index (χ1n) is 6.58. The molecule has 0 saturated heterocycles. The van der Waals surface area contributed by atoms with Crippen LogP contribution in [0.25, 0.3) is 0 Å². The van der Waals surface area contributed by atoms with E-state index in [4.69, 9.17) is 9.47 Å². The zero-order valence-corrected chi connectivity index (χ0v) is 13.0. The Bertz CT molecular complexity index is 306. The molecule has 2 N–H and O–H groups in total. The summed E-state index contributed by atoms with van der Waals surface area (Å²) in [6.45, 7) is 7.22. The van der Waals surface area contributed by atoms with Gasteiger partial charge in [-0.15, -0.1) is 0 Å². The van der Waals surface area contributed by atoms with Gasteiger partial charge in [-0.05, 0) is 34.6 Å². The van der Waals surface area contributed by atoms with Crippen LogP contribution in [-0.4, -0.2) is 50.0 Å². The van der Waals surface area contributed by atoms with Gasteiger partial charge in [0.15, 0.2) is 0 Å². The number of amides is 1. The number of carbonyl (C=O) groups is 1. The van der Waals surface area contributed by atoms with Gasteiger partial charge in [-0.2, -0.15) is 0 Å². The van der Waals surface area contributed by atoms with E-state index in [9.17, 15) is 13.6 Å². The molecule has 0 bridgehead atoms. The highest BCUT2D eigenvalue weighted by Gasteiger charge is 2.31. The highest BCUT2D eigenvalue weighted by molar-refractivity contribution is 5.67. The van der Waals surface area contributed by atoms with Crippen LogP contribution in [0.4, 0.5) is 13.6 Å². The lowest BCUT2D eigenvalue weighted by atomic mass is 10.2. The highest BCUT2D eigenvalue weighted by atomic mass is 19.3. The number of methoxy groups -OCH3 is 1. The van der Waals surface area contributed by atoms with Crippen LogP contribution in [0.5, 0.6) is 0 Å². The lowest BCUT2D eigenvalue weighted by Gasteiger charge is -2.25. The molecular formula is C13H26F2N2O3. The first-order valence-corrected chi connectivity index (χ1v) is 6.58. The number of alkyl carbamates (subject to hydrolysis) is 1. The van der Waals surface area contributed by atoms with Gasteiger partial charge in [0, 0.05) is 13.2 Å². The number of hydrogen-bond donors (Lipinski definition) is 2. The molecule has 20 heavy (non-hydrogen) atoms. The van der Waals surface area contributed by atoms with E-state index in [1.807, 2.05) is 0 Å². The molecule has 2 atom stereocenters. The summed E-state index contributed by atoms with van der Waals surface area (Å²) in [6, 6.07) is -0.215. The number of carbonyl (C=O) groups excluding carboxylic acids is 1. The van der Waals surface area contributed by atoms with E-state index in [-0.39, 0.29) is 12.1 Å². The van der Waals surface area contributed by atoms with Crippen molar-refractivity contribution < 1.29 is 23.0 Å². The van der Waals surface area contributed by atoms with Crippen molar-refractivity contribution in [1.82, 2.24) is 10.6 Å². The molecule has 2 unspecified atom stereocenters. The fourth-order valence-electron chi connectivity index (χ4n) is 1.26. The molecule has 0 spiro atoms. The van der Waals surface area contributed by atoms with E-state index in [0.29, 0.717) is 0 Å². The second kappa shape index (κ2) is 7.73. The molecule has 5 nitrogen and oxygen atoms in total. The van der Waals surface area contributed by atoms with Crippen molar-refractivity contribution in [3.05, 3.63) is 0 Å². The third-order valence-electron chi connectivity index (χ3n) is 2.65. The first-order chi connectivity index (χ1) is 8.97. The third kappa shape index (κ3) is 9.03. The molecule has 0 aliphatic heterocycles. The van der Waals surface area contributed by atoms with Gasteiger partial charge in [0.25, 0.3) is 5.92 Å². The average Bonchev–Trinajstić information content (AvgIpc) is 2.30. The maximum atomic E-state index is 13.6. The number of hydrogen-bond acceptors (Lipinski definition) is 4. The fraction of sp³-hybridized carbons (Fsp3) is 0.923. The summed E-state index contributed by atoms with van der Waals surface area (Å²) in [5.41, 5.74) is -0.708. The van der Waals surface area contributed by atoms with Gasteiger partial charge >= 0.3 is 6.09 Å². The minimum Gasteiger partial charge on any atom is -0.444 e. The zero-order chi connectivity index (χ0) is 16.0. The van der Waals surface area contributed by atoms with Crippen LogP contribution in [0.15, 0.2) is 0 Å². The van der Waals surface area contributed by atoms with Crippen LogP contribution in [0.1, 0.15) is 34.6 Å². The van der Waals surface area contributed by atoms with E-state index in [0.717, 1.165) is 0 Å². The maximum absolute atomic E-state index is 13.6. The minimum atomic E-state index is -3.06. The quantitative estimate of drug-likeness (QED) is 0.756. The second-order valence-electron chi connectivity index (χ2n) is 5.82.